The summed E-state index contributed by atoms with van der Waals surface area (Å²) in [4.78, 5) is 10.4. The molecule has 0 amide bonds. The molecule has 1 aliphatic carbocycles. The van der Waals surface area contributed by atoms with E-state index in [-0.39, 0.29) is 0 Å². The van der Waals surface area contributed by atoms with Crippen molar-refractivity contribution in [2.45, 2.75) is 58.4 Å². The highest BCUT2D eigenvalue weighted by molar-refractivity contribution is 5.66. The number of aliphatic carboxylic acids is 1. The summed E-state index contributed by atoms with van der Waals surface area (Å²) in [7, 11) is 1.98. The zero-order valence-electron chi connectivity index (χ0n) is 10.3. The molecule has 0 bridgehead atoms. The van der Waals surface area contributed by atoms with Gasteiger partial charge < -0.3 is 10.4 Å². The van der Waals surface area contributed by atoms with Crippen LogP contribution in [0.5, 0.6) is 0 Å². The molecule has 0 aliphatic heterocycles. The lowest BCUT2D eigenvalue weighted by atomic mass is 9.82. The zero-order chi connectivity index (χ0) is 11.7. The molecule has 0 saturated heterocycles. The van der Waals surface area contributed by atoms with Crippen molar-refractivity contribution in [2.24, 2.45) is 5.92 Å². The lowest BCUT2D eigenvalue weighted by molar-refractivity contribution is -0.137. The molecule has 2 atom stereocenters. The molecule has 1 rings (SSSR count). The topological polar surface area (TPSA) is 49.3 Å². The van der Waals surface area contributed by atoms with Gasteiger partial charge in [-0.15, -0.1) is 0 Å². The van der Waals surface area contributed by atoms with Crippen LogP contribution in [0.1, 0.15) is 52.4 Å². The molecule has 2 N–H and O–H groups in total. The third-order valence-corrected chi connectivity index (χ3v) is 3.01. The number of carboxylic acid groups (broad SMARTS) is 1. The Hall–Kier alpha value is -0.570. The van der Waals surface area contributed by atoms with E-state index in [0.29, 0.717) is 18.4 Å². The molecule has 0 radical (unpaired) electrons. The predicted octanol–water partition coefficient (Wildman–Crippen LogP) is 2.66. The van der Waals surface area contributed by atoms with Crippen LogP contribution in [0.2, 0.25) is 0 Å². The number of rotatable bonds is 4. The number of nitrogens with one attached hydrogen (secondary N) is 1. The van der Waals surface area contributed by atoms with Gasteiger partial charge >= 0.3 is 5.97 Å². The van der Waals surface area contributed by atoms with E-state index in [1.807, 2.05) is 20.9 Å². The van der Waals surface area contributed by atoms with E-state index in [1.165, 1.54) is 25.7 Å². The minimum atomic E-state index is -0.666. The minimum Gasteiger partial charge on any atom is -0.481 e. The molecule has 90 valence electrons. The van der Waals surface area contributed by atoms with Crippen LogP contribution in [0.4, 0.5) is 0 Å². The van der Waals surface area contributed by atoms with E-state index in [0.717, 1.165) is 6.42 Å². The van der Waals surface area contributed by atoms with Crippen LogP contribution in [-0.4, -0.2) is 24.2 Å². The van der Waals surface area contributed by atoms with Gasteiger partial charge in [0.25, 0.3) is 0 Å². The number of carbonyl (C=O) groups is 1. The van der Waals surface area contributed by atoms with E-state index in [4.69, 9.17) is 5.11 Å². The molecular weight excluding hydrogens is 190 g/mol. The van der Waals surface area contributed by atoms with Crippen molar-refractivity contribution in [1.29, 1.82) is 0 Å². The van der Waals surface area contributed by atoms with Gasteiger partial charge in [-0.3, -0.25) is 4.79 Å². The number of carboxylic acids is 1. The summed E-state index contributed by atoms with van der Waals surface area (Å²) >= 11 is 0. The first-order valence-corrected chi connectivity index (χ1v) is 6.13. The summed E-state index contributed by atoms with van der Waals surface area (Å²) in [6, 6.07) is 0.549. The standard InChI is InChI=1S/C10H19NO2.C2H6/c1-11-9-5-3-2-4-8(9)6-7-10(12)13;1-2/h8-9,11H,2-7H2,1H3,(H,12,13);1-2H3/t8-,9-;/m0./s1. The molecule has 15 heavy (non-hydrogen) atoms. The molecule has 1 fully saturated rings. The molecule has 3 heteroatoms. The summed E-state index contributed by atoms with van der Waals surface area (Å²) < 4.78 is 0. The molecule has 0 aromatic carbocycles. The van der Waals surface area contributed by atoms with Crippen molar-refractivity contribution < 1.29 is 9.90 Å². The van der Waals surface area contributed by atoms with E-state index in [1.54, 1.807) is 0 Å². The Morgan fingerprint density at radius 3 is 2.47 bits per heavy atom. The molecule has 1 saturated carbocycles. The van der Waals surface area contributed by atoms with Crippen LogP contribution in [0.15, 0.2) is 0 Å². The maximum atomic E-state index is 10.4. The SMILES string of the molecule is CC.CN[C@H]1CCCC[C@H]1CCC(=O)O. The monoisotopic (exact) mass is 215 g/mol. The van der Waals surface area contributed by atoms with E-state index >= 15 is 0 Å². The second-order valence-corrected chi connectivity index (χ2v) is 3.87. The Kier molecular flexibility index (Phi) is 8.38. The first-order valence-electron chi connectivity index (χ1n) is 6.13. The molecule has 0 aromatic heterocycles. The van der Waals surface area contributed by atoms with Gasteiger partial charge in [-0.25, -0.2) is 0 Å². The van der Waals surface area contributed by atoms with Crippen LogP contribution in [0.3, 0.4) is 0 Å². The van der Waals surface area contributed by atoms with E-state index in [9.17, 15) is 4.79 Å². The second kappa shape index (κ2) is 8.72. The maximum absolute atomic E-state index is 10.4. The fraction of sp³-hybridized carbons (Fsp3) is 0.917. The smallest absolute Gasteiger partial charge is 0.303 e. The van der Waals surface area contributed by atoms with Gasteiger partial charge in [0, 0.05) is 12.5 Å². The van der Waals surface area contributed by atoms with Gasteiger partial charge in [-0.05, 0) is 32.2 Å². The van der Waals surface area contributed by atoms with Gasteiger partial charge in [0.15, 0.2) is 0 Å². The van der Waals surface area contributed by atoms with Crippen molar-refractivity contribution in [3.05, 3.63) is 0 Å². The lowest BCUT2D eigenvalue weighted by Crippen LogP contribution is -2.36. The lowest BCUT2D eigenvalue weighted by Gasteiger charge is -2.30. The highest BCUT2D eigenvalue weighted by Crippen LogP contribution is 2.27. The predicted molar refractivity (Wildman–Crippen MR) is 63.0 cm³/mol. The van der Waals surface area contributed by atoms with Crippen LogP contribution in [0, 0.1) is 5.92 Å². The van der Waals surface area contributed by atoms with Crippen molar-refractivity contribution >= 4 is 5.97 Å². The molecular formula is C12H25NO2. The van der Waals surface area contributed by atoms with Gasteiger partial charge in [0.1, 0.15) is 0 Å². The summed E-state index contributed by atoms with van der Waals surface area (Å²) in [5.41, 5.74) is 0. The second-order valence-electron chi connectivity index (χ2n) is 3.87. The fourth-order valence-corrected chi connectivity index (χ4v) is 2.24. The number of hydrogen-bond donors (Lipinski definition) is 2. The third-order valence-electron chi connectivity index (χ3n) is 3.01. The van der Waals surface area contributed by atoms with Crippen LogP contribution < -0.4 is 5.32 Å². The Balaban J connectivity index is 0.000000921. The van der Waals surface area contributed by atoms with Gasteiger partial charge in [-0.2, -0.15) is 0 Å². The largest absolute Gasteiger partial charge is 0.481 e. The van der Waals surface area contributed by atoms with Gasteiger partial charge in [0.2, 0.25) is 0 Å². The highest BCUT2D eigenvalue weighted by Gasteiger charge is 2.23. The fourth-order valence-electron chi connectivity index (χ4n) is 2.24. The average Bonchev–Trinajstić information content (AvgIpc) is 2.29. The van der Waals surface area contributed by atoms with Gasteiger partial charge in [0.05, 0.1) is 0 Å². The molecule has 0 heterocycles. The summed E-state index contributed by atoms with van der Waals surface area (Å²) in [6.07, 6.45) is 6.11. The molecule has 3 nitrogen and oxygen atoms in total. The van der Waals surface area contributed by atoms with E-state index in [2.05, 4.69) is 5.32 Å². The third kappa shape index (κ3) is 5.78. The van der Waals surface area contributed by atoms with Crippen LogP contribution in [0.25, 0.3) is 0 Å². The molecule has 0 aromatic rings. The van der Waals surface area contributed by atoms with E-state index < -0.39 is 5.97 Å². The first-order chi connectivity index (χ1) is 7.24. The average molecular weight is 215 g/mol. The van der Waals surface area contributed by atoms with Crippen molar-refractivity contribution in [3.8, 4) is 0 Å². The quantitative estimate of drug-likeness (QED) is 0.758. The number of hydrogen-bond acceptors (Lipinski definition) is 2. The van der Waals surface area contributed by atoms with Crippen molar-refractivity contribution in [1.82, 2.24) is 5.32 Å². The Bertz CT molecular complexity index is 171. The van der Waals surface area contributed by atoms with Crippen molar-refractivity contribution in [3.63, 3.8) is 0 Å². The van der Waals surface area contributed by atoms with Gasteiger partial charge in [-0.1, -0.05) is 26.7 Å². The highest BCUT2D eigenvalue weighted by atomic mass is 16.4. The molecule has 0 spiro atoms. The summed E-state index contributed by atoms with van der Waals surface area (Å²) in [6.45, 7) is 4.00. The van der Waals surface area contributed by atoms with Crippen molar-refractivity contribution in [2.75, 3.05) is 7.05 Å². The van der Waals surface area contributed by atoms with Crippen LogP contribution >= 0.6 is 0 Å². The minimum absolute atomic E-state index is 0.322. The Labute approximate surface area is 93.3 Å². The molecule has 0 unspecified atom stereocenters. The maximum Gasteiger partial charge on any atom is 0.303 e. The summed E-state index contributed by atoms with van der Waals surface area (Å²) in [5, 5.41) is 11.9. The zero-order valence-corrected chi connectivity index (χ0v) is 10.3. The Morgan fingerprint density at radius 1 is 1.33 bits per heavy atom. The normalized spacial score (nSPS) is 25.3. The molecule has 1 aliphatic rings. The first kappa shape index (κ1) is 14.4. The van der Waals surface area contributed by atoms with Crippen LogP contribution in [-0.2, 0) is 4.79 Å². The Morgan fingerprint density at radius 2 is 1.93 bits per heavy atom. The summed E-state index contributed by atoms with van der Waals surface area (Å²) in [5.74, 6) is -0.0877.